The zero-order valence-corrected chi connectivity index (χ0v) is 18.9. The van der Waals surface area contributed by atoms with E-state index in [4.69, 9.17) is 4.74 Å². The minimum atomic E-state index is -4.76. The molecule has 0 aliphatic heterocycles. The van der Waals surface area contributed by atoms with Crippen LogP contribution in [0.1, 0.15) is 42.9 Å². The van der Waals surface area contributed by atoms with Crippen LogP contribution in [-0.2, 0) is 0 Å². The largest absolute Gasteiger partial charge is 0.497 e. The maximum absolute atomic E-state index is 13.2. The Labute approximate surface area is 189 Å². The molecule has 172 valence electrons. The van der Waals surface area contributed by atoms with Gasteiger partial charge in [-0.2, -0.15) is 13.2 Å². The quantitative estimate of drug-likeness (QED) is 0.409. The number of ether oxygens (including phenoxy) is 1. The van der Waals surface area contributed by atoms with E-state index in [1.54, 1.807) is 19.2 Å². The van der Waals surface area contributed by atoms with E-state index >= 15 is 0 Å². The minimum Gasteiger partial charge on any atom is -0.497 e. The summed E-state index contributed by atoms with van der Waals surface area (Å²) in [5, 5.41) is 20.9. The van der Waals surface area contributed by atoms with Gasteiger partial charge in [-0.15, -0.1) is 11.3 Å². The van der Waals surface area contributed by atoms with Crippen molar-refractivity contribution in [3.8, 4) is 27.4 Å². The molecular formula is C24H26F3NO3S. The molecule has 0 radical (unpaired) electrons. The standard InChI is InChI=1S/C24H26F3NO3S/c1-4-23(30,24(25,26)27)14-13-19(29)22-28-20(16-9-11-18(31-3)12-10-16)21(32-22)17-7-5-15(2)6-8-17/h5-12,19,29-30H,4,13-14H2,1-3H3. The molecular weight excluding hydrogens is 439 g/mol. The van der Waals surface area contributed by atoms with E-state index in [9.17, 15) is 23.4 Å². The highest BCUT2D eigenvalue weighted by Gasteiger charge is 2.51. The Kier molecular flexibility index (Phi) is 7.27. The molecule has 2 N–H and O–H groups in total. The predicted molar refractivity (Wildman–Crippen MR) is 120 cm³/mol. The lowest BCUT2D eigenvalue weighted by molar-refractivity contribution is -0.265. The molecule has 2 unspecified atom stereocenters. The van der Waals surface area contributed by atoms with Crippen LogP contribution in [0.5, 0.6) is 5.75 Å². The summed E-state index contributed by atoms with van der Waals surface area (Å²) in [7, 11) is 1.57. The molecule has 32 heavy (non-hydrogen) atoms. The van der Waals surface area contributed by atoms with Crippen molar-refractivity contribution in [1.82, 2.24) is 4.98 Å². The van der Waals surface area contributed by atoms with Gasteiger partial charge in [0, 0.05) is 5.56 Å². The van der Waals surface area contributed by atoms with E-state index in [0.29, 0.717) is 16.5 Å². The first-order chi connectivity index (χ1) is 15.1. The first kappa shape index (κ1) is 24.2. The number of halogens is 3. The smallest absolute Gasteiger partial charge is 0.417 e. The Bertz CT molecular complexity index is 1030. The van der Waals surface area contributed by atoms with Crippen molar-refractivity contribution in [1.29, 1.82) is 0 Å². The number of aliphatic hydroxyl groups excluding tert-OH is 1. The maximum atomic E-state index is 13.2. The number of alkyl halides is 3. The lowest BCUT2D eigenvalue weighted by Crippen LogP contribution is -2.44. The number of benzene rings is 2. The third kappa shape index (κ3) is 5.14. The molecule has 2 aromatic carbocycles. The number of methoxy groups -OCH3 is 1. The monoisotopic (exact) mass is 465 g/mol. The van der Waals surface area contributed by atoms with Gasteiger partial charge in [0.25, 0.3) is 0 Å². The molecule has 0 fully saturated rings. The fourth-order valence-electron chi connectivity index (χ4n) is 3.34. The van der Waals surface area contributed by atoms with E-state index in [1.165, 1.54) is 18.3 Å². The highest BCUT2D eigenvalue weighted by atomic mass is 32.1. The van der Waals surface area contributed by atoms with E-state index in [-0.39, 0.29) is 6.42 Å². The van der Waals surface area contributed by atoms with Gasteiger partial charge >= 0.3 is 6.18 Å². The lowest BCUT2D eigenvalue weighted by atomic mass is 9.92. The molecule has 8 heteroatoms. The van der Waals surface area contributed by atoms with Gasteiger partial charge in [0.05, 0.1) is 17.7 Å². The number of aryl methyl sites for hydroxylation is 1. The summed E-state index contributed by atoms with van der Waals surface area (Å²) in [5.41, 5.74) is 0.603. The predicted octanol–water partition coefficient (Wildman–Crippen LogP) is 6.31. The van der Waals surface area contributed by atoms with Gasteiger partial charge in [-0.25, -0.2) is 4.98 Å². The van der Waals surface area contributed by atoms with Gasteiger partial charge in [0.15, 0.2) is 5.60 Å². The van der Waals surface area contributed by atoms with Crippen LogP contribution in [0.25, 0.3) is 21.7 Å². The number of rotatable bonds is 8. The fraction of sp³-hybridized carbons (Fsp3) is 0.375. The number of aromatic nitrogens is 1. The fourth-order valence-corrected chi connectivity index (χ4v) is 4.46. The van der Waals surface area contributed by atoms with Gasteiger partial charge in [-0.3, -0.25) is 0 Å². The molecule has 3 aromatic rings. The van der Waals surface area contributed by atoms with Crippen molar-refractivity contribution >= 4 is 11.3 Å². The topological polar surface area (TPSA) is 62.6 Å². The Morgan fingerprint density at radius 3 is 2.16 bits per heavy atom. The van der Waals surface area contributed by atoms with Crippen LogP contribution in [0, 0.1) is 6.92 Å². The molecule has 3 rings (SSSR count). The second-order valence-electron chi connectivity index (χ2n) is 7.76. The molecule has 0 spiro atoms. The molecule has 2 atom stereocenters. The van der Waals surface area contributed by atoms with Crippen molar-refractivity contribution in [2.45, 2.75) is 51.0 Å². The van der Waals surface area contributed by atoms with Crippen LogP contribution >= 0.6 is 11.3 Å². The third-order valence-corrected chi connectivity index (χ3v) is 6.76. The Morgan fingerprint density at radius 1 is 1.03 bits per heavy atom. The van der Waals surface area contributed by atoms with Crippen LogP contribution in [0.4, 0.5) is 13.2 Å². The van der Waals surface area contributed by atoms with E-state index in [1.807, 2.05) is 43.3 Å². The zero-order chi connectivity index (χ0) is 23.5. The molecule has 0 bridgehead atoms. The number of nitrogens with zero attached hydrogens (tertiary/aromatic N) is 1. The molecule has 0 amide bonds. The molecule has 0 saturated heterocycles. The summed E-state index contributed by atoms with van der Waals surface area (Å²) in [6.07, 6.45) is -7.33. The van der Waals surface area contributed by atoms with Crippen LogP contribution in [0.3, 0.4) is 0 Å². The van der Waals surface area contributed by atoms with Crippen LogP contribution in [0.2, 0.25) is 0 Å². The second kappa shape index (κ2) is 9.60. The van der Waals surface area contributed by atoms with Crippen molar-refractivity contribution in [2.24, 2.45) is 0 Å². The molecule has 0 saturated carbocycles. The molecule has 0 aliphatic rings. The first-order valence-corrected chi connectivity index (χ1v) is 11.1. The van der Waals surface area contributed by atoms with Crippen molar-refractivity contribution in [3.05, 3.63) is 59.1 Å². The SMILES string of the molecule is CCC(O)(CCC(O)c1nc(-c2ccc(OC)cc2)c(-c2ccc(C)cc2)s1)C(F)(F)F. The van der Waals surface area contributed by atoms with Crippen LogP contribution in [0.15, 0.2) is 48.5 Å². The summed E-state index contributed by atoms with van der Waals surface area (Å²) in [4.78, 5) is 5.40. The van der Waals surface area contributed by atoms with E-state index in [2.05, 4.69) is 4.98 Å². The highest BCUT2D eigenvalue weighted by molar-refractivity contribution is 7.15. The summed E-state index contributed by atoms with van der Waals surface area (Å²) in [6.45, 7) is 3.26. The second-order valence-corrected chi connectivity index (χ2v) is 8.79. The van der Waals surface area contributed by atoms with Gasteiger partial charge in [-0.05, 0) is 56.0 Å². The summed E-state index contributed by atoms with van der Waals surface area (Å²) >= 11 is 1.24. The van der Waals surface area contributed by atoms with Crippen molar-refractivity contribution < 1.29 is 28.1 Å². The molecule has 4 nitrogen and oxygen atoms in total. The van der Waals surface area contributed by atoms with Crippen LogP contribution in [-0.4, -0.2) is 34.1 Å². The summed E-state index contributed by atoms with van der Waals surface area (Å²) in [5.74, 6) is 0.687. The van der Waals surface area contributed by atoms with Gasteiger partial charge in [0.2, 0.25) is 0 Å². The average molecular weight is 466 g/mol. The molecule has 0 aliphatic carbocycles. The van der Waals surface area contributed by atoms with Crippen molar-refractivity contribution in [2.75, 3.05) is 7.11 Å². The maximum Gasteiger partial charge on any atom is 0.417 e. The number of thiazole rings is 1. The Morgan fingerprint density at radius 2 is 1.62 bits per heavy atom. The zero-order valence-electron chi connectivity index (χ0n) is 18.1. The van der Waals surface area contributed by atoms with Gasteiger partial charge in [0.1, 0.15) is 16.9 Å². The summed E-state index contributed by atoms with van der Waals surface area (Å²) < 4.78 is 44.8. The Hall–Kier alpha value is -2.42. The normalized spacial score (nSPS) is 14.8. The van der Waals surface area contributed by atoms with Gasteiger partial charge in [-0.1, -0.05) is 36.8 Å². The third-order valence-electron chi connectivity index (χ3n) is 5.55. The highest BCUT2D eigenvalue weighted by Crippen LogP contribution is 2.42. The summed E-state index contributed by atoms with van der Waals surface area (Å²) in [6, 6.07) is 15.1. The number of hydrogen-bond donors (Lipinski definition) is 2. The molecule has 1 aromatic heterocycles. The minimum absolute atomic E-state index is 0.257. The van der Waals surface area contributed by atoms with Crippen molar-refractivity contribution in [3.63, 3.8) is 0 Å². The van der Waals surface area contributed by atoms with Gasteiger partial charge < -0.3 is 14.9 Å². The van der Waals surface area contributed by atoms with E-state index in [0.717, 1.165) is 21.6 Å². The van der Waals surface area contributed by atoms with Crippen LogP contribution < -0.4 is 4.74 Å². The average Bonchev–Trinajstić information content (AvgIpc) is 3.22. The number of hydrogen-bond acceptors (Lipinski definition) is 5. The lowest BCUT2D eigenvalue weighted by Gasteiger charge is -2.29. The first-order valence-electron chi connectivity index (χ1n) is 10.3. The van der Waals surface area contributed by atoms with E-state index < -0.39 is 30.7 Å². The Balaban J connectivity index is 1.95. The number of aliphatic hydroxyl groups is 2. The molecule has 1 heterocycles.